The molecule has 9 heteroatoms. The van der Waals surface area contributed by atoms with Crippen molar-refractivity contribution in [1.82, 2.24) is 20.2 Å². The molecule has 33 heavy (non-hydrogen) atoms. The summed E-state index contributed by atoms with van der Waals surface area (Å²) in [7, 11) is 0. The Morgan fingerprint density at radius 1 is 1.18 bits per heavy atom. The summed E-state index contributed by atoms with van der Waals surface area (Å²) in [4.78, 5) is 46.6. The van der Waals surface area contributed by atoms with E-state index in [2.05, 4.69) is 20.6 Å². The molecule has 9 nitrogen and oxygen atoms in total. The average molecular weight is 447 g/mol. The van der Waals surface area contributed by atoms with Crippen molar-refractivity contribution in [1.29, 1.82) is 0 Å². The molecule has 0 radical (unpaired) electrons. The molecule has 1 spiro atoms. The first kappa shape index (κ1) is 21.1. The fourth-order valence-electron chi connectivity index (χ4n) is 4.78. The maximum absolute atomic E-state index is 12.9. The molecule has 0 aromatic carbocycles. The highest BCUT2D eigenvalue weighted by atomic mass is 16.3. The van der Waals surface area contributed by atoms with Gasteiger partial charge in [0.05, 0.1) is 6.20 Å². The molecule has 5 rings (SSSR count). The third kappa shape index (κ3) is 4.30. The Labute approximate surface area is 190 Å². The van der Waals surface area contributed by atoms with Crippen molar-refractivity contribution in [3.63, 3.8) is 0 Å². The number of aromatic nitrogens is 2. The number of piperidine rings is 1. The Kier molecular flexibility index (Phi) is 5.32. The lowest BCUT2D eigenvalue weighted by atomic mass is 9.90. The van der Waals surface area contributed by atoms with E-state index >= 15 is 0 Å². The topological polar surface area (TPSA) is 117 Å². The second-order valence-electron chi connectivity index (χ2n) is 8.90. The van der Waals surface area contributed by atoms with Crippen LogP contribution in [0.2, 0.25) is 0 Å². The fraction of sp³-hybridized carbons (Fsp3) is 0.375. The van der Waals surface area contributed by atoms with E-state index in [4.69, 9.17) is 4.42 Å². The minimum atomic E-state index is -0.226. The summed E-state index contributed by atoms with van der Waals surface area (Å²) in [5.74, 6) is 0.593. The lowest BCUT2D eigenvalue weighted by Gasteiger charge is -2.33. The highest BCUT2D eigenvalue weighted by Gasteiger charge is 2.54. The van der Waals surface area contributed by atoms with Crippen LogP contribution >= 0.6 is 0 Å². The summed E-state index contributed by atoms with van der Waals surface area (Å²) >= 11 is 0. The lowest BCUT2D eigenvalue weighted by molar-refractivity contribution is -0.114. The number of carbonyl (C=O) groups excluding carboxylic acids is 3. The van der Waals surface area contributed by atoms with Crippen molar-refractivity contribution in [3.8, 4) is 0 Å². The number of fused-ring (bicyclic) bond motifs is 1. The highest BCUT2D eigenvalue weighted by Crippen LogP contribution is 2.59. The van der Waals surface area contributed by atoms with Gasteiger partial charge in [0, 0.05) is 49.9 Å². The molecule has 1 atom stereocenters. The van der Waals surface area contributed by atoms with E-state index in [9.17, 15) is 14.4 Å². The van der Waals surface area contributed by atoms with E-state index in [1.54, 1.807) is 30.6 Å². The van der Waals surface area contributed by atoms with Crippen LogP contribution in [-0.2, 0) is 4.79 Å². The predicted molar refractivity (Wildman–Crippen MR) is 121 cm³/mol. The number of anilines is 1. The number of hydrogen-bond donors (Lipinski definition) is 2. The summed E-state index contributed by atoms with van der Waals surface area (Å²) in [5.41, 5.74) is 1.31. The lowest BCUT2D eigenvalue weighted by Crippen LogP contribution is -2.40. The van der Waals surface area contributed by atoms with Crippen LogP contribution in [0.3, 0.4) is 0 Å². The van der Waals surface area contributed by atoms with Gasteiger partial charge in [-0.05, 0) is 54.9 Å². The molecule has 2 fully saturated rings. The van der Waals surface area contributed by atoms with Gasteiger partial charge in [-0.2, -0.15) is 0 Å². The van der Waals surface area contributed by atoms with Crippen LogP contribution in [-0.4, -0.2) is 52.2 Å². The number of pyridine rings is 2. The van der Waals surface area contributed by atoms with Gasteiger partial charge in [-0.25, -0.2) is 4.98 Å². The first-order valence-corrected chi connectivity index (χ1v) is 11.1. The molecule has 3 amide bonds. The van der Waals surface area contributed by atoms with E-state index in [-0.39, 0.29) is 23.1 Å². The van der Waals surface area contributed by atoms with Crippen molar-refractivity contribution in [3.05, 3.63) is 54.2 Å². The second kappa shape index (κ2) is 8.31. The largest absolute Gasteiger partial charge is 0.449 e. The zero-order chi connectivity index (χ0) is 23.0. The van der Waals surface area contributed by atoms with Crippen LogP contribution in [0.15, 0.2) is 47.3 Å². The molecule has 2 N–H and O–H groups in total. The molecule has 1 aliphatic heterocycles. The molecule has 1 aliphatic carbocycles. The van der Waals surface area contributed by atoms with Crippen molar-refractivity contribution in [2.45, 2.75) is 26.2 Å². The molecular formula is C24H25N5O4. The van der Waals surface area contributed by atoms with Crippen LogP contribution in [0.1, 0.15) is 47.1 Å². The summed E-state index contributed by atoms with van der Waals surface area (Å²) in [6.07, 6.45) is 7.69. The van der Waals surface area contributed by atoms with Gasteiger partial charge in [-0.15, -0.1) is 0 Å². The Balaban J connectivity index is 1.13. The molecule has 1 saturated carbocycles. The van der Waals surface area contributed by atoms with Gasteiger partial charge in [-0.1, -0.05) is 0 Å². The summed E-state index contributed by atoms with van der Waals surface area (Å²) in [6.45, 7) is 3.37. The van der Waals surface area contributed by atoms with Gasteiger partial charge in [0.2, 0.25) is 5.91 Å². The monoisotopic (exact) mass is 447 g/mol. The van der Waals surface area contributed by atoms with E-state index < -0.39 is 0 Å². The Bertz CT molecular complexity index is 1200. The number of rotatable bonds is 5. The number of likely N-dealkylation sites (tertiary alicyclic amines) is 1. The smallest absolute Gasteiger partial charge is 0.287 e. The molecule has 3 aromatic rings. The maximum Gasteiger partial charge on any atom is 0.287 e. The van der Waals surface area contributed by atoms with Crippen LogP contribution in [0.5, 0.6) is 0 Å². The van der Waals surface area contributed by atoms with Gasteiger partial charge in [0.15, 0.2) is 11.3 Å². The fourth-order valence-corrected chi connectivity index (χ4v) is 4.78. The predicted octanol–water partition coefficient (Wildman–Crippen LogP) is 2.85. The van der Waals surface area contributed by atoms with Crippen molar-refractivity contribution < 1.29 is 18.8 Å². The summed E-state index contributed by atoms with van der Waals surface area (Å²) in [6, 6.07) is 6.82. The van der Waals surface area contributed by atoms with Crippen LogP contribution in [0.25, 0.3) is 11.0 Å². The van der Waals surface area contributed by atoms with Gasteiger partial charge in [0.1, 0.15) is 5.82 Å². The molecular weight excluding hydrogens is 422 g/mol. The number of hydrogen-bond acceptors (Lipinski definition) is 6. The summed E-state index contributed by atoms with van der Waals surface area (Å²) in [5, 5.41) is 6.46. The zero-order valence-electron chi connectivity index (χ0n) is 18.3. The maximum atomic E-state index is 12.9. The molecule has 170 valence electrons. The highest BCUT2D eigenvalue weighted by molar-refractivity contribution is 5.96. The molecule has 1 unspecified atom stereocenters. The van der Waals surface area contributed by atoms with Crippen molar-refractivity contribution >= 4 is 34.5 Å². The van der Waals surface area contributed by atoms with Gasteiger partial charge >= 0.3 is 0 Å². The molecule has 2 aliphatic rings. The number of amides is 3. The van der Waals surface area contributed by atoms with Gasteiger partial charge in [0.25, 0.3) is 11.8 Å². The normalized spacial score (nSPS) is 18.8. The average Bonchev–Trinajstić information content (AvgIpc) is 3.28. The first-order chi connectivity index (χ1) is 15.9. The second-order valence-corrected chi connectivity index (χ2v) is 8.90. The third-order valence-electron chi connectivity index (χ3n) is 6.77. The SMILES string of the molecule is CC(=O)Nc1cc(C(=O)N2CCC3(CC2)CC3CNC(=O)c2cc3ccncc3o2)ccn1. The van der Waals surface area contributed by atoms with E-state index in [0.717, 1.165) is 24.6 Å². The quantitative estimate of drug-likeness (QED) is 0.621. The minimum absolute atomic E-state index is 0.0521. The number of nitrogens with zero attached hydrogens (tertiary/aromatic N) is 3. The standard InChI is InChI=1S/C24H25N5O4/c1-15(30)28-21-11-17(3-7-26-21)23(32)29-8-4-24(5-9-29)12-18(24)13-27-22(31)19-10-16-2-6-25-14-20(16)33-19/h2-3,6-7,10-11,14,18H,4-5,8-9,12-13H2,1H3,(H,27,31)(H,26,28,30). The Hall–Kier alpha value is -3.75. The van der Waals surface area contributed by atoms with Crippen LogP contribution in [0, 0.1) is 11.3 Å². The van der Waals surface area contributed by atoms with Crippen molar-refractivity contribution in [2.24, 2.45) is 11.3 Å². The molecule has 0 bridgehead atoms. The van der Waals surface area contributed by atoms with Crippen molar-refractivity contribution in [2.75, 3.05) is 25.0 Å². The number of nitrogens with one attached hydrogen (secondary N) is 2. The molecule has 4 heterocycles. The van der Waals surface area contributed by atoms with Gasteiger partial charge in [-0.3, -0.25) is 19.4 Å². The van der Waals surface area contributed by atoms with E-state index in [1.807, 2.05) is 11.0 Å². The molecule has 3 aromatic heterocycles. The first-order valence-electron chi connectivity index (χ1n) is 11.1. The third-order valence-corrected chi connectivity index (χ3v) is 6.77. The zero-order valence-corrected chi connectivity index (χ0v) is 18.3. The Morgan fingerprint density at radius 2 is 2.00 bits per heavy atom. The van der Waals surface area contributed by atoms with Gasteiger partial charge < -0.3 is 20.0 Å². The summed E-state index contributed by atoms with van der Waals surface area (Å²) < 4.78 is 5.59. The molecule has 1 saturated heterocycles. The van der Waals surface area contributed by atoms with E-state index in [0.29, 0.717) is 48.3 Å². The number of furan rings is 1. The van der Waals surface area contributed by atoms with E-state index in [1.165, 1.54) is 13.1 Å². The minimum Gasteiger partial charge on any atom is -0.449 e. The van der Waals surface area contributed by atoms with Crippen LogP contribution < -0.4 is 10.6 Å². The number of carbonyl (C=O) groups is 3. The van der Waals surface area contributed by atoms with Crippen LogP contribution in [0.4, 0.5) is 5.82 Å². The Morgan fingerprint density at radius 3 is 2.76 bits per heavy atom.